The molecule has 2 aromatic heterocycles. The van der Waals surface area contributed by atoms with E-state index < -0.39 is 11.2 Å². The molecular weight excluding hydrogens is 398 g/mol. The Hall–Kier alpha value is -2.72. The van der Waals surface area contributed by atoms with Crippen molar-refractivity contribution in [2.45, 2.75) is 24.3 Å². The lowest BCUT2D eigenvalue weighted by molar-refractivity contribution is -0.115. The van der Waals surface area contributed by atoms with Gasteiger partial charge in [-0.15, -0.1) is 16.4 Å². The maximum atomic E-state index is 12.7. The third kappa shape index (κ3) is 4.57. The predicted molar refractivity (Wildman–Crippen MR) is 108 cm³/mol. The number of carbonyl (C=O) groups excluding carboxylic acids is 2. The Morgan fingerprint density at radius 1 is 1.32 bits per heavy atom. The third-order valence-electron chi connectivity index (χ3n) is 3.76. The molecule has 0 fully saturated rings. The molecule has 0 unspecified atom stereocenters. The first-order valence-corrected chi connectivity index (χ1v) is 10.3. The summed E-state index contributed by atoms with van der Waals surface area (Å²) < 4.78 is 6.64. The number of nitrogens with one attached hydrogen (secondary N) is 1. The number of ether oxygens (including phenoxy) is 1. The summed E-state index contributed by atoms with van der Waals surface area (Å²) in [6.07, 6.45) is 0. The lowest BCUT2D eigenvalue weighted by Gasteiger charge is -2.11. The van der Waals surface area contributed by atoms with Crippen LogP contribution in [0.25, 0.3) is 10.4 Å². The zero-order valence-corrected chi connectivity index (χ0v) is 17.2. The minimum Gasteiger partial charge on any atom is -0.462 e. The zero-order chi connectivity index (χ0) is 20.1. The normalized spacial score (nSPS) is 11.8. The summed E-state index contributed by atoms with van der Waals surface area (Å²) in [6, 6.07) is 11.4. The monoisotopic (exact) mass is 417 g/mol. The van der Waals surface area contributed by atoms with Crippen molar-refractivity contribution in [2.75, 3.05) is 11.9 Å². The number of hydrogen-bond donors (Lipinski definition) is 1. The van der Waals surface area contributed by atoms with Gasteiger partial charge in [0.2, 0.25) is 11.1 Å². The number of esters is 1. The van der Waals surface area contributed by atoms with Crippen LogP contribution in [-0.2, 0) is 16.6 Å². The van der Waals surface area contributed by atoms with Gasteiger partial charge in [0.05, 0.1) is 17.4 Å². The molecule has 2 heterocycles. The van der Waals surface area contributed by atoms with Gasteiger partial charge in [0.1, 0.15) is 5.00 Å². The van der Waals surface area contributed by atoms with Gasteiger partial charge < -0.3 is 10.1 Å². The topological polar surface area (TPSA) is 99.0 Å². The van der Waals surface area contributed by atoms with Crippen molar-refractivity contribution < 1.29 is 14.3 Å². The summed E-state index contributed by atoms with van der Waals surface area (Å²) in [5.74, 6) is -0.714. The first kappa shape index (κ1) is 20.0. The number of hydrogen-bond acceptors (Lipinski definition) is 8. The Morgan fingerprint density at radius 3 is 2.71 bits per heavy atom. The highest BCUT2D eigenvalue weighted by Gasteiger charge is 2.23. The van der Waals surface area contributed by atoms with Crippen molar-refractivity contribution in [3.05, 3.63) is 42.0 Å². The van der Waals surface area contributed by atoms with E-state index in [1.54, 1.807) is 27.0 Å². The van der Waals surface area contributed by atoms with Gasteiger partial charge in [-0.1, -0.05) is 42.1 Å². The number of amides is 1. The average Bonchev–Trinajstić information content (AvgIpc) is 3.29. The van der Waals surface area contributed by atoms with Gasteiger partial charge in [0, 0.05) is 11.9 Å². The summed E-state index contributed by atoms with van der Waals surface area (Å²) in [4.78, 5) is 25.9. The number of aryl methyl sites for hydroxylation is 1. The first-order valence-electron chi connectivity index (χ1n) is 8.55. The van der Waals surface area contributed by atoms with Gasteiger partial charge >= 0.3 is 5.97 Å². The maximum absolute atomic E-state index is 12.7. The van der Waals surface area contributed by atoms with E-state index in [0.717, 1.165) is 10.4 Å². The molecule has 0 saturated carbocycles. The summed E-state index contributed by atoms with van der Waals surface area (Å²) in [7, 11) is 1.71. The van der Waals surface area contributed by atoms with E-state index in [-0.39, 0.29) is 12.5 Å². The molecule has 1 N–H and O–H groups in total. The SMILES string of the molecule is CCOC(=O)c1cc(-c2ccccc2)sc1NC(=O)[C@@H](C)Sc1nnnn1C. The third-order valence-corrected chi connectivity index (χ3v) is 5.98. The molecule has 0 spiro atoms. The fraction of sp³-hybridized carbons (Fsp3) is 0.278. The van der Waals surface area contributed by atoms with Crippen LogP contribution in [0.2, 0.25) is 0 Å². The number of tetrazole rings is 1. The van der Waals surface area contributed by atoms with Crippen LogP contribution in [0.1, 0.15) is 24.2 Å². The number of anilines is 1. The standard InChI is InChI=1S/C18H19N5O3S2/c1-4-26-17(25)13-10-14(12-8-6-5-7-9-12)28-16(13)19-15(24)11(2)27-18-20-21-22-23(18)3/h5-11H,4H2,1-3H3,(H,19,24)/t11-/m1/s1. The highest BCUT2D eigenvalue weighted by molar-refractivity contribution is 8.00. The van der Waals surface area contributed by atoms with E-state index in [0.29, 0.717) is 15.7 Å². The number of aromatic nitrogens is 4. The summed E-state index contributed by atoms with van der Waals surface area (Å²) in [5.41, 5.74) is 1.31. The Morgan fingerprint density at radius 2 is 2.07 bits per heavy atom. The van der Waals surface area contributed by atoms with Crippen LogP contribution in [0.4, 0.5) is 5.00 Å². The number of nitrogens with zero attached hydrogens (tertiary/aromatic N) is 4. The molecule has 3 aromatic rings. The fourth-order valence-corrected chi connectivity index (χ4v) is 4.14. The molecule has 1 atom stereocenters. The lowest BCUT2D eigenvalue weighted by atomic mass is 10.1. The van der Waals surface area contributed by atoms with Crippen LogP contribution < -0.4 is 5.32 Å². The van der Waals surface area contributed by atoms with E-state index in [1.807, 2.05) is 30.3 Å². The smallest absolute Gasteiger partial charge is 0.341 e. The van der Waals surface area contributed by atoms with Crippen LogP contribution >= 0.6 is 23.1 Å². The van der Waals surface area contributed by atoms with Gasteiger partial charge in [-0.25, -0.2) is 9.48 Å². The molecular formula is C18H19N5O3S2. The molecule has 0 aliphatic carbocycles. The van der Waals surface area contributed by atoms with Crippen LogP contribution in [0, 0.1) is 0 Å². The lowest BCUT2D eigenvalue weighted by Crippen LogP contribution is -2.23. The minimum absolute atomic E-state index is 0.250. The average molecular weight is 418 g/mol. The second-order valence-corrected chi connectivity index (χ2v) is 8.13. The van der Waals surface area contributed by atoms with Crippen molar-refractivity contribution >= 4 is 40.0 Å². The Bertz CT molecular complexity index is 971. The van der Waals surface area contributed by atoms with Gasteiger partial charge in [-0.3, -0.25) is 4.79 Å². The summed E-state index contributed by atoms with van der Waals surface area (Å²) in [6.45, 7) is 3.76. The molecule has 10 heteroatoms. The molecule has 0 aliphatic heterocycles. The Labute approximate surface area is 170 Å². The number of carbonyl (C=O) groups is 2. The largest absolute Gasteiger partial charge is 0.462 e. The van der Waals surface area contributed by atoms with Crippen LogP contribution in [0.5, 0.6) is 0 Å². The number of benzene rings is 1. The first-order chi connectivity index (χ1) is 13.5. The van der Waals surface area contributed by atoms with Gasteiger partial charge in [0.15, 0.2) is 0 Å². The molecule has 3 rings (SSSR count). The number of thiophene rings is 1. The van der Waals surface area contributed by atoms with Crippen LogP contribution in [0.15, 0.2) is 41.6 Å². The highest BCUT2D eigenvalue weighted by Crippen LogP contribution is 2.36. The molecule has 146 valence electrons. The summed E-state index contributed by atoms with van der Waals surface area (Å²) >= 11 is 2.57. The van der Waals surface area contributed by atoms with Gasteiger partial charge in [-0.2, -0.15) is 0 Å². The second kappa shape index (κ2) is 8.98. The highest BCUT2D eigenvalue weighted by atomic mass is 32.2. The molecule has 1 amide bonds. The minimum atomic E-state index is -0.464. The molecule has 0 aliphatic rings. The van der Waals surface area contributed by atoms with Crippen molar-refractivity contribution in [1.82, 2.24) is 20.2 Å². The molecule has 28 heavy (non-hydrogen) atoms. The zero-order valence-electron chi connectivity index (χ0n) is 15.6. The summed E-state index contributed by atoms with van der Waals surface area (Å²) in [5, 5.41) is 14.6. The number of thioether (sulfide) groups is 1. The Balaban J connectivity index is 1.82. The quantitative estimate of drug-likeness (QED) is 0.465. The van der Waals surface area contributed by atoms with Crippen molar-refractivity contribution in [2.24, 2.45) is 7.05 Å². The molecule has 0 saturated heterocycles. The fourth-order valence-electron chi connectivity index (χ4n) is 2.34. The predicted octanol–water partition coefficient (Wildman–Crippen LogP) is 3.23. The van der Waals surface area contributed by atoms with Crippen LogP contribution in [0.3, 0.4) is 0 Å². The van der Waals surface area contributed by atoms with Gasteiger partial charge in [-0.05, 0) is 35.9 Å². The second-order valence-electron chi connectivity index (χ2n) is 5.77. The van der Waals surface area contributed by atoms with E-state index in [1.165, 1.54) is 27.8 Å². The number of rotatable bonds is 7. The Kier molecular flexibility index (Phi) is 6.42. The molecule has 8 nitrogen and oxygen atoms in total. The van der Waals surface area contributed by atoms with Crippen molar-refractivity contribution in [3.63, 3.8) is 0 Å². The van der Waals surface area contributed by atoms with E-state index in [4.69, 9.17) is 4.74 Å². The molecule has 0 bridgehead atoms. The maximum Gasteiger partial charge on any atom is 0.341 e. The van der Waals surface area contributed by atoms with E-state index >= 15 is 0 Å². The molecule has 1 aromatic carbocycles. The van der Waals surface area contributed by atoms with Crippen molar-refractivity contribution in [3.8, 4) is 10.4 Å². The van der Waals surface area contributed by atoms with E-state index in [2.05, 4.69) is 20.8 Å². The van der Waals surface area contributed by atoms with Crippen molar-refractivity contribution in [1.29, 1.82) is 0 Å². The van der Waals surface area contributed by atoms with Crippen LogP contribution in [-0.4, -0.2) is 43.9 Å². The van der Waals surface area contributed by atoms with Gasteiger partial charge in [0.25, 0.3) is 0 Å². The van der Waals surface area contributed by atoms with E-state index in [9.17, 15) is 9.59 Å². The molecule has 0 radical (unpaired) electrons.